The maximum Gasteiger partial charge on any atom is 0.498 e. The number of fused-ring (bicyclic) bond motifs is 1. The minimum absolute atomic E-state index is 0.252. The number of rotatable bonds is 2. The second-order valence-electron chi connectivity index (χ2n) is 6.44. The van der Waals surface area contributed by atoms with E-state index in [0.717, 1.165) is 5.75 Å². The highest BCUT2D eigenvalue weighted by molar-refractivity contribution is 6.70. The number of methoxy groups -OCH3 is 1. The molecule has 0 radical (unpaired) electrons. The molecule has 0 aliphatic carbocycles. The molecule has 1 aromatic heterocycles. The summed E-state index contributed by atoms with van der Waals surface area (Å²) in [5.74, 6) is 2.16. The zero-order valence-electron chi connectivity index (χ0n) is 15.1. The number of aromatic nitrogens is 1. The first-order valence-electron chi connectivity index (χ1n) is 8.04. The molecule has 0 atom stereocenters. The highest BCUT2D eigenvalue weighted by Crippen LogP contribution is 2.44. The van der Waals surface area contributed by atoms with Crippen LogP contribution < -0.4 is 18.9 Å². The summed E-state index contributed by atoms with van der Waals surface area (Å²) in [5, 5.41) is 0. The molecule has 0 spiro atoms. The standard InChI is InChI=1S/C18H25BN3O/c1-12-11-20(5)18-17(13(12)2)21(6)19(4)22(18)15-9-8-10-16(23-7)14(15)3/h8-11H,1-7H3/q+1. The van der Waals surface area contributed by atoms with E-state index in [4.69, 9.17) is 4.74 Å². The van der Waals surface area contributed by atoms with Crippen LogP contribution in [0.4, 0.5) is 17.2 Å². The van der Waals surface area contributed by atoms with Crippen LogP contribution in [-0.4, -0.2) is 21.1 Å². The fourth-order valence-electron chi connectivity index (χ4n) is 3.61. The molecule has 0 unspecified atom stereocenters. The lowest BCUT2D eigenvalue weighted by Crippen LogP contribution is -2.44. The van der Waals surface area contributed by atoms with Crippen molar-refractivity contribution < 1.29 is 9.30 Å². The van der Waals surface area contributed by atoms with Crippen LogP contribution >= 0.6 is 0 Å². The topological polar surface area (TPSA) is 19.6 Å². The summed E-state index contributed by atoms with van der Waals surface area (Å²) in [6, 6.07) is 6.25. The van der Waals surface area contributed by atoms with E-state index in [9.17, 15) is 0 Å². The van der Waals surface area contributed by atoms with E-state index in [1.807, 2.05) is 6.07 Å². The van der Waals surface area contributed by atoms with Gasteiger partial charge in [0.1, 0.15) is 17.1 Å². The van der Waals surface area contributed by atoms with Crippen molar-refractivity contribution in [2.24, 2.45) is 7.05 Å². The average molecular weight is 310 g/mol. The van der Waals surface area contributed by atoms with Gasteiger partial charge in [-0.3, -0.25) is 4.81 Å². The molecule has 0 N–H and O–H groups in total. The SMILES string of the molecule is COc1cccc(N2B(C)N(C)c3c(C)c(C)c[n+](C)c32)c1C. The van der Waals surface area contributed by atoms with E-state index < -0.39 is 0 Å². The number of ether oxygens (including phenoxy) is 1. The number of benzene rings is 1. The van der Waals surface area contributed by atoms with E-state index in [1.54, 1.807) is 7.11 Å². The van der Waals surface area contributed by atoms with Gasteiger partial charge in [0, 0.05) is 5.56 Å². The number of nitrogens with zero attached hydrogens (tertiary/aromatic N) is 3. The molecular weight excluding hydrogens is 285 g/mol. The lowest BCUT2D eigenvalue weighted by atomic mass is 9.76. The van der Waals surface area contributed by atoms with Crippen LogP contribution in [0.2, 0.25) is 6.82 Å². The highest BCUT2D eigenvalue weighted by atomic mass is 16.5. The zero-order valence-corrected chi connectivity index (χ0v) is 15.1. The fourth-order valence-corrected chi connectivity index (χ4v) is 3.61. The maximum atomic E-state index is 5.52. The molecule has 5 heteroatoms. The Kier molecular flexibility index (Phi) is 3.75. The summed E-state index contributed by atoms with van der Waals surface area (Å²) in [4.78, 5) is 4.76. The molecule has 3 rings (SSSR count). The van der Waals surface area contributed by atoms with Gasteiger partial charge in [-0.25, -0.2) is 4.57 Å². The molecule has 0 bridgehead atoms. The molecule has 120 valence electrons. The summed E-state index contributed by atoms with van der Waals surface area (Å²) in [5.41, 5.74) is 6.33. The molecule has 4 nitrogen and oxygen atoms in total. The number of pyridine rings is 1. The van der Waals surface area contributed by atoms with Crippen molar-refractivity contribution in [1.29, 1.82) is 0 Å². The van der Waals surface area contributed by atoms with Crippen LogP contribution in [0.5, 0.6) is 5.75 Å². The molecule has 1 aliphatic rings. The molecule has 2 aromatic rings. The van der Waals surface area contributed by atoms with Crippen molar-refractivity contribution in [2.45, 2.75) is 27.6 Å². The molecule has 0 fully saturated rings. The Bertz CT molecular complexity index is 775. The highest BCUT2D eigenvalue weighted by Gasteiger charge is 2.47. The number of anilines is 3. The summed E-state index contributed by atoms with van der Waals surface area (Å²) >= 11 is 0. The van der Waals surface area contributed by atoms with E-state index in [-0.39, 0.29) is 6.98 Å². The third kappa shape index (κ3) is 2.18. The van der Waals surface area contributed by atoms with Crippen molar-refractivity contribution >= 4 is 24.2 Å². The first kappa shape index (κ1) is 15.7. The monoisotopic (exact) mass is 310 g/mol. The van der Waals surface area contributed by atoms with Gasteiger partial charge >= 0.3 is 6.98 Å². The van der Waals surface area contributed by atoms with Gasteiger partial charge in [-0.2, -0.15) is 0 Å². The summed E-state index contributed by atoms with van der Waals surface area (Å²) in [6.45, 7) is 9.00. The predicted octanol–water partition coefficient (Wildman–Crippen LogP) is 3.15. The maximum absolute atomic E-state index is 5.52. The second kappa shape index (κ2) is 5.48. The van der Waals surface area contributed by atoms with E-state index in [2.05, 4.69) is 74.2 Å². The molecule has 2 heterocycles. The Morgan fingerprint density at radius 2 is 1.83 bits per heavy atom. The second-order valence-corrected chi connectivity index (χ2v) is 6.44. The Hall–Kier alpha value is -2.17. The predicted molar refractivity (Wildman–Crippen MR) is 97.0 cm³/mol. The van der Waals surface area contributed by atoms with Gasteiger partial charge in [0.15, 0.2) is 0 Å². The van der Waals surface area contributed by atoms with Crippen LogP contribution in [-0.2, 0) is 7.05 Å². The minimum atomic E-state index is 0.252. The lowest BCUT2D eigenvalue weighted by molar-refractivity contribution is -0.657. The first-order valence-corrected chi connectivity index (χ1v) is 8.04. The zero-order chi connectivity index (χ0) is 16.9. The van der Waals surface area contributed by atoms with Crippen molar-refractivity contribution in [3.8, 4) is 5.75 Å². The molecule has 0 amide bonds. The van der Waals surface area contributed by atoms with Crippen molar-refractivity contribution in [3.63, 3.8) is 0 Å². The number of hydrogen-bond donors (Lipinski definition) is 0. The van der Waals surface area contributed by atoms with Gasteiger partial charge in [0.05, 0.1) is 20.4 Å². The fraction of sp³-hybridized carbons (Fsp3) is 0.389. The lowest BCUT2D eigenvalue weighted by Gasteiger charge is -2.20. The minimum Gasteiger partial charge on any atom is -0.496 e. The molecule has 0 saturated heterocycles. The van der Waals surface area contributed by atoms with Crippen LogP contribution in [0, 0.1) is 20.8 Å². The van der Waals surface area contributed by atoms with Crippen molar-refractivity contribution in [2.75, 3.05) is 23.8 Å². The molecular formula is C18H25BN3O+. The third-order valence-electron chi connectivity index (χ3n) is 5.13. The first-order chi connectivity index (χ1) is 10.9. The van der Waals surface area contributed by atoms with Gasteiger partial charge in [0.2, 0.25) is 0 Å². The number of hydrogen-bond acceptors (Lipinski definition) is 3. The van der Waals surface area contributed by atoms with Crippen molar-refractivity contribution in [3.05, 3.63) is 41.1 Å². The number of aryl methyl sites for hydroxylation is 2. The third-order valence-corrected chi connectivity index (χ3v) is 5.13. The van der Waals surface area contributed by atoms with Crippen molar-refractivity contribution in [1.82, 2.24) is 0 Å². The quantitative estimate of drug-likeness (QED) is 0.627. The van der Waals surface area contributed by atoms with Crippen LogP contribution in [0.1, 0.15) is 16.7 Å². The average Bonchev–Trinajstić information content (AvgIpc) is 2.78. The van der Waals surface area contributed by atoms with Crippen LogP contribution in [0.25, 0.3) is 0 Å². The van der Waals surface area contributed by atoms with Gasteiger partial charge in [-0.15, -0.1) is 0 Å². The van der Waals surface area contributed by atoms with Gasteiger partial charge in [-0.1, -0.05) is 6.07 Å². The van der Waals surface area contributed by atoms with Gasteiger partial charge in [-0.05, 0) is 57.9 Å². The molecule has 23 heavy (non-hydrogen) atoms. The Balaban J connectivity index is 2.27. The summed E-state index contributed by atoms with van der Waals surface area (Å²) in [7, 11) is 6.03. The Morgan fingerprint density at radius 1 is 1.13 bits per heavy atom. The van der Waals surface area contributed by atoms with Gasteiger partial charge in [0.25, 0.3) is 5.82 Å². The normalized spacial score (nSPS) is 13.6. The summed E-state index contributed by atoms with van der Waals surface area (Å²) < 4.78 is 7.75. The largest absolute Gasteiger partial charge is 0.498 e. The van der Waals surface area contributed by atoms with E-state index in [1.165, 1.54) is 33.9 Å². The molecule has 0 saturated carbocycles. The van der Waals surface area contributed by atoms with Gasteiger partial charge < -0.3 is 9.55 Å². The summed E-state index contributed by atoms with van der Waals surface area (Å²) in [6.07, 6.45) is 2.21. The Labute approximate surface area is 139 Å². The smallest absolute Gasteiger partial charge is 0.496 e. The van der Waals surface area contributed by atoms with Crippen LogP contribution in [0.15, 0.2) is 24.4 Å². The van der Waals surface area contributed by atoms with Crippen LogP contribution in [0.3, 0.4) is 0 Å². The Morgan fingerprint density at radius 3 is 2.48 bits per heavy atom. The van der Waals surface area contributed by atoms with E-state index >= 15 is 0 Å². The van der Waals surface area contributed by atoms with E-state index in [0.29, 0.717) is 0 Å². The molecule has 1 aliphatic heterocycles. The molecule has 1 aromatic carbocycles.